The number of hydrogen-bond donors (Lipinski definition) is 2. The summed E-state index contributed by atoms with van der Waals surface area (Å²) in [5, 5.41) is 30.3. The van der Waals surface area contributed by atoms with Crippen LogP contribution in [0.25, 0.3) is 77.2 Å². The van der Waals surface area contributed by atoms with E-state index < -0.39 is 0 Å². The quantitative estimate of drug-likeness (QED) is 0.143. The molecule has 0 amide bonds. The molecule has 2 heterocycles. The molecule has 10 aromatic rings. The smallest absolute Gasteiger partial charge is 0.147 e. The zero-order valence-electron chi connectivity index (χ0n) is 48.0. The monoisotopic (exact) mass is 1030 g/mol. The first-order chi connectivity index (χ1) is 37.1. The van der Waals surface area contributed by atoms with Crippen molar-refractivity contribution in [2.24, 2.45) is 11.8 Å². The average Bonchev–Trinajstić information content (AvgIpc) is 4.16. The Kier molecular flexibility index (Phi) is 13.3. The van der Waals surface area contributed by atoms with Crippen molar-refractivity contribution >= 4 is 43.6 Å². The maximum absolute atomic E-state index is 12.9. The summed E-state index contributed by atoms with van der Waals surface area (Å²) in [5.41, 5.74) is 12.9. The molecule has 0 radical (unpaired) electrons. The molecule has 78 heavy (non-hydrogen) atoms. The Morgan fingerprint density at radius 3 is 0.974 bits per heavy atom. The predicted octanol–water partition coefficient (Wildman–Crippen LogP) is 19.1. The zero-order valence-corrected chi connectivity index (χ0v) is 48.0. The number of hydrogen-bond acceptors (Lipinski definition) is 4. The first kappa shape index (κ1) is 52.6. The van der Waals surface area contributed by atoms with Gasteiger partial charge in [-0.15, -0.1) is 0 Å². The largest absolute Gasteiger partial charge is 0.505 e. The fourth-order valence-electron chi connectivity index (χ4n) is 12.0. The second kappa shape index (κ2) is 19.8. The SMILES string of the molecule is CC(C)(C)c1ccc(OCC2CCCCC2COc2ccc(C(C)(C)C)cc2-c2cc(C(C)(C)C)cc(-n3c4ccccc4c4ccccc43)c2O)c(-c2cc(C(C)(C)C)cc(-n3c4ccccc4c4ccccc43)c2O)c1. The molecule has 1 aliphatic rings. The van der Waals surface area contributed by atoms with Gasteiger partial charge in [-0.2, -0.15) is 0 Å². The van der Waals surface area contributed by atoms with Crippen LogP contribution in [0.4, 0.5) is 0 Å². The third kappa shape index (κ3) is 9.71. The summed E-state index contributed by atoms with van der Waals surface area (Å²) in [7, 11) is 0. The molecule has 8 aromatic carbocycles. The minimum Gasteiger partial charge on any atom is -0.505 e. The Balaban J connectivity index is 0.960. The molecule has 2 unspecified atom stereocenters. The second-order valence-electron chi connectivity index (χ2n) is 26.4. The molecule has 2 aromatic heterocycles. The molecular weight excluding hydrogens is 957 g/mol. The number of fused-ring (bicyclic) bond motifs is 6. The van der Waals surface area contributed by atoms with E-state index in [1.165, 1.54) is 11.1 Å². The standard InChI is InChI=1S/C72H78N2O4/c1-69(2,3)47-33-35-65(55(37-47)57-39-49(71(7,8)9)41-63(67(57)75)73-59-29-19-15-25-51(59)52-26-16-20-30-60(52)73)77-43-45-23-13-14-24-46(45)44-78-66-36-34-48(70(4,5)6)38-56(66)58-40-50(72(10,11)12)42-64(68(58)76)74-61-31-21-17-27-53(61)54-28-18-22-32-62(54)74/h15-22,25-42,45-46,75-76H,13-14,23-24,43-44H2,1-12H3. The normalized spacial score (nSPS) is 15.7. The van der Waals surface area contributed by atoms with Crippen LogP contribution in [0.5, 0.6) is 23.0 Å². The van der Waals surface area contributed by atoms with E-state index in [9.17, 15) is 10.2 Å². The maximum Gasteiger partial charge on any atom is 0.147 e. The molecule has 6 heteroatoms. The maximum atomic E-state index is 12.9. The highest BCUT2D eigenvalue weighted by Gasteiger charge is 2.31. The van der Waals surface area contributed by atoms with Crippen molar-refractivity contribution in [3.63, 3.8) is 0 Å². The van der Waals surface area contributed by atoms with E-state index in [0.29, 0.717) is 13.2 Å². The molecule has 0 aliphatic heterocycles. The fraction of sp³-hybridized carbons (Fsp3) is 0.333. The van der Waals surface area contributed by atoms with Gasteiger partial charge in [-0.1, -0.05) is 181 Å². The van der Waals surface area contributed by atoms with Crippen LogP contribution < -0.4 is 9.47 Å². The van der Waals surface area contributed by atoms with Crippen LogP contribution in [0, 0.1) is 11.8 Å². The molecule has 400 valence electrons. The van der Waals surface area contributed by atoms with Crippen LogP contribution >= 0.6 is 0 Å². The summed E-state index contributed by atoms with van der Waals surface area (Å²) in [6.07, 6.45) is 4.31. The molecule has 0 bridgehead atoms. The van der Waals surface area contributed by atoms with E-state index in [2.05, 4.69) is 250 Å². The number of ether oxygens (including phenoxy) is 2. The number of phenols is 2. The summed E-state index contributed by atoms with van der Waals surface area (Å²) in [4.78, 5) is 0. The Bertz CT molecular complexity index is 3540. The van der Waals surface area contributed by atoms with Gasteiger partial charge in [-0.05, 0) is 141 Å². The molecule has 1 fully saturated rings. The van der Waals surface area contributed by atoms with Crippen LogP contribution in [0.3, 0.4) is 0 Å². The predicted molar refractivity (Wildman–Crippen MR) is 327 cm³/mol. The molecule has 0 spiro atoms. The molecule has 0 saturated heterocycles. The first-order valence-corrected chi connectivity index (χ1v) is 28.3. The Morgan fingerprint density at radius 1 is 0.372 bits per heavy atom. The molecular formula is C72H78N2O4. The van der Waals surface area contributed by atoms with Gasteiger partial charge in [0.1, 0.15) is 23.0 Å². The number of para-hydroxylation sites is 4. The van der Waals surface area contributed by atoms with Crippen LogP contribution in [0.2, 0.25) is 0 Å². The number of rotatable bonds is 10. The highest BCUT2D eigenvalue weighted by molar-refractivity contribution is 6.10. The minimum absolute atomic E-state index is 0.145. The topological polar surface area (TPSA) is 68.8 Å². The van der Waals surface area contributed by atoms with Crippen molar-refractivity contribution in [2.75, 3.05) is 13.2 Å². The van der Waals surface area contributed by atoms with Crippen LogP contribution in [-0.2, 0) is 21.7 Å². The summed E-state index contributed by atoms with van der Waals surface area (Å²) in [5.74, 6) is 2.43. The summed E-state index contributed by atoms with van der Waals surface area (Å²) in [6, 6.07) is 55.8. The summed E-state index contributed by atoms with van der Waals surface area (Å²) in [6.45, 7) is 27.9. The van der Waals surface area contributed by atoms with Gasteiger partial charge in [0.05, 0.1) is 46.7 Å². The van der Waals surface area contributed by atoms with E-state index in [-0.39, 0.29) is 45.0 Å². The lowest BCUT2D eigenvalue weighted by molar-refractivity contribution is 0.105. The molecule has 1 aliphatic carbocycles. The van der Waals surface area contributed by atoms with Gasteiger partial charge in [0, 0.05) is 43.8 Å². The highest BCUT2D eigenvalue weighted by Crippen LogP contribution is 2.49. The number of nitrogens with zero attached hydrogens (tertiary/aromatic N) is 2. The van der Waals surface area contributed by atoms with E-state index in [1.54, 1.807) is 0 Å². The third-order valence-corrected chi connectivity index (χ3v) is 16.8. The van der Waals surface area contributed by atoms with E-state index in [0.717, 1.165) is 126 Å². The van der Waals surface area contributed by atoms with Gasteiger partial charge < -0.3 is 28.8 Å². The molecule has 6 nitrogen and oxygen atoms in total. The minimum atomic E-state index is -0.219. The zero-order chi connectivity index (χ0) is 55.1. The summed E-state index contributed by atoms with van der Waals surface area (Å²) < 4.78 is 18.7. The molecule has 11 rings (SSSR count). The van der Waals surface area contributed by atoms with Crippen molar-refractivity contribution in [2.45, 2.75) is 130 Å². The van der Waals surface area contributed by atoms with Gasteiger partial charge in [-0.25, -0.2) is 0 Å². The lowest BCUT2D eigenvalue weighted by Gasteiger charge is -2.32. The third-order valence-electron chi connectivity index (χ3n) is 16.8. The van der Waals surface area contributed by atoms with Gasteiger partial charge in [0.25, 0.3) is 0 Å². The van der Waals surface area contributed by atoms with E-state index in [4.69, 9.17) is 9.47 Å². The van der Waals surface area contributed by atoms with Crippen LogP contribution in [0.15, 0.2) is 158 Å². The van der Waals surface area contributed by atoms with Gasteiger partial charge in [0.2, 0.25) is 0 Å². The molecule has 2 atom stereocenters. The van der Waals surface area contributed by atoms with Gasteiger partial charge in [-0.3, -0.25) is 0 Å². The number of aromatic nitrogens is 2. The fourth-order valence-corrected chi connectivity index (χ4v) is 12.0. The summed E-state index contributed by atoms with van der Waals surface area (Å²) >= 11 is 0. The van der Waals surface area contributed by atoms with Crippen molar-refractivity contribution in [1.82, 2.24) is 9.13 Å². The van der Waals surface area contributed by atoms with E-state index >= 15 is 0 Å². The van der Waals surface area contributed by atoms with Crippen molar-refractivity contribution in [3.05, 3.63) is 180 Å². The number of aromatic hydroxyl groups is 2. The van der Waals surface area contributed by atoms with Crippen molar-refractivity contribution in [1.29, 1.82) is 0 Å². The lowest BCUT2D eigenvalue weighted by atomic mass is 9.80. The Hall–Kier alpha value is -7.44. The average molecular weight is 1040 g/mol. The number of benzene rings is 8. The Labute approximate surface area is 462 Å². The lowest BCUT2D eigenvalue weighted by Crippen LogP contribution is -2.30. The van der Waals surface area contributed by atoms with Crippen molar-refractivity contribution < 1.29 is 19.7 Å². The first-order valence-electron chi connectivity index (χ1n) is 28.3. The second-order valence-corrected chi connectivity index (χ2v) is 26.4. The highest BCUT2D eigenvalue weighted by atomic mass is 16.5. The van der Waals surface area contributed by atoms with Crippen LogP contribution in [0.1, 0.15) is 131 Å². The Morgan fingerprint density at radius 2 is 0.667 bits per heavy atom. The molecule has 1 saturated carbocycles. The number of phenolic OH excluding ortho intramolecular Hbond substituents is 2. The van der Waals surface area contributed by atoms with E-state index in [1.807, 2.05) is 0 Å². The van der Waals surface area contributed by atoms with Gasteiger partial charge >= 0.3 is 0 Å². The van der Waals surface area contributed by atoms with Gasteiger partial charge in [0.15, 0.2) is 0 Å². The van der Waals surface area contributed by atoms with Crippen molar-refractivity contribution in [3.8, 4) is 56.6 Å². The van der Waals surface area contributed by atoms with Crippen LogP contribution in [-0.4, -0.2) is 32.6 Å². The molecule has 2 N–H and O–H groups in total.